The molecule has 0 radical (unpaired) electrons. The summed E-state index contributed by atoms with van der Waals surface area (Å²) in [5, 5.41) is 21.9. The first-order valence-electron chi connectivity index (χ1n) is 9.45. The lowest BCUT2D eigenvalue weighted by Gasteiger charge is -2.23. The van der Waals surface area contributed by atoms with Gasteiger partial charge in [0.05, 0.1) is 12.5 Å². The van der Waals surface area contributed by atoms with Gasteiger partial charge < -0.3 is 25.2 Å². The Kier molecular flexibility index (Phi) is 9.57. The maximum absolute atomic E-state index is 12.4. The Balaban J connectivity index is 2.76. The molecule has 0 bridgehead atoms. The Morgan fingerprint density at radius 2 is 1.76 bits per heavy atom. The molecule has 0 saturated carbocycles. The molecule has 0 aromatic heterocycles. The topological polar surface area (TPSA) is 110 Å². The van der Waals surface area contributed by atoms with E-state index in [4.69, 9.17) is 0 Å². The lowest BCUT2D eigenvalue weighted by Crippen LogP contribution is -2.51. The van der Waals surface area contributed by atoms with Gasteiger partial charge in [-0.2, -0.15) is 0 Å². The summed E-state index contributed by atoms with van der Waals surface area (Å²) in [6, 6.07) is 5.79. The smallest absolute Gasteiger partial charge is 0.426 e. The van der Waals surface area contributed by atoms with Crippen molar-refractivity contribution in [2.45, 2.75) is 33.1 Å². The van der Waals surface area contributed by atoms with Gasteiger partial charge in [-0.25, -0.2) is 0 Å². The maximum atomic E-state index is 12.4. The molecule has 1 rings (SSSR count). The number of amides is 3. The summed E-state index contributed by atoms with van der Waals surface area (Å²) < 4.78 is 0. The van der Waals surface area contributed by atoms with Crippen LogP contribution in [0.25, 0.3) is 0 Å². The van der Waals surface area contributed by atoms with Crippen molar-refractivity contribution in [3.05, 3.63) is 47.0 Å². The van der Waals surface area contributed by atoms with Crippen molar-refractivity contribution in [3.63, 3.8) is 0 Å². The second-order valence-corrected chi connectivity index (χ2v) is 7.14. The summed E-state index contributed by atoms with van der Waals surface area (Å²) in [5.41, 5.74) is 2.97. The zero-order valence-corrected chi connectivity index (χ0v) is 17.7. The molecule has 1 atom stereocenters. The molecular formula is C20H30BN3O5. The van der Waals surface area contributed by atoms with Crippen LogP contribution in [0.5, 0.6) is 0 Å². The highest BCUT2D eigenvalue weighted by molar-refractivity contribution is 6.43. The van der Waals surface area contributed by atoms with Crippen LogP contribution in [-0.4, -0.2) is 77.8 Å². The van der Waals surface area contributed by atoms with Gasteiger partial charge >= 0.3 is 7.12 Å². The average Bonchev–Trinajstić information content (AvgIpc) is 2.64. The number of hydrogen-bond donors (Lipinski definition) is 3. The molecule has 158 valence electrons. The van der Waals surface area contributed by atoms with Crippen LogP contribution in [0.2, 0.25) is 0 Å². The van der Waals surface area contributed by atoms with Crippen LogP contribution in [-0.2, 0) is 20.8 Å². The summed E-state index contributed by atoms with van der Waals surface area (Å²) in [6.07, 6.45) is 2.50. The highest BCUT2D eigenvalue weighted by Gasteiger charge is 2.27. The van der Waals surface area contributed by atoms with Crippen molar-refractivity contribution < 1.29 is 24.4 Å². The number of aryl methyl sites for hydroxylation is 2. The Morgan fingerprint density at radius 1 is 1.14 bits per heavy atom. The minimum Gasteiger partial charge on any atom is -0.426 e. The fourth-order valence-electron chi connectivity index (χ4n) is 2.71. The summed E-state index contributed by atoms with van der Waals surface area (Å²) in [6.45, 7) is 5.60. The quantitative estimate of drug-likeness (QED) is 0.392. The van der Waals surface area contributed by atoms with Gasteiger partial charge in [-0.1, -0.05) is 23.8 Å². The standard InChI is InChI=1S/C20H30BN3O5/c1-6-24(20(27)10-9-19(26)23(4)5)13-18(25)22-17(21(28)29)12-16-8-7-14(2)11-15(16)3/h7-11,17,28-29H,6,12-13H2,1-5H3,(H,22,25)/t17-/m0/s1. The van der Waals surface area contributed by atoms with E-state index < -0.39 is 24.9 Å². The second kappa shape index (κ2) is 11.4. The predicted molar refractivity (Wildman–Crippen MR) is 112 cm³/mol. The molecule has 0 unspecified atom stereocenters. The molecule has 3 N–H and O–H groups in total. The monoisotopic (exact) mass is 403 g/mol. The number of rotatable bonds is 9. The number of nitrogens with one attached hydrogen (secondary N) is 1. The molecule has 0 saturated heterocycles. The molecular weight excluding hydrogens is 373 g/mol. The van der Waals surface area contributed by atoms with Gasteiger partial charge in [-0.15, -0.1) is 0 Å². The zero-order chi connectivity index (χ0) is 22.1. The van der Waals surface area contributed by atoms with Crippen molar-refractivity contribution in [2.24, 2.45) is 0 Å². The Bertz CT molecular complexity index is 764. The number of likely N-dealkylation sites (N-methyl/N-ethyl adjacent to an activating group) is 2. The van der Waals surface area contributed by atoms with E-state index in [1.165, 1.54) is 9.80 Å². The second-order valence-electron chi connectivity index (χ2n) is 7.14. The van der Waals surface area contributed by atoms with E-state index in [1.807, 2.05) is 32.0 Å². The van der Waals surface area contributed by atoms with Crippen LogP contribution in [0.1, 0.15) is 23.6 Å². The number of hydrogen-bond acceptors (Lipinski definition) is 5. The van der Waals surface area contributed by atoms with Gasteiger partial charge in [0, 0.05) is 32.8 Å². The minimum atomic E-state index is -1.75. The third-order valence-electron chi connectivity index (χ3n) is 4.48. The van der Waals surface area contributed by atoms with Crippen LogP contribution < -0.4 is 5.32 Å². The van der Waals surface area contributed by atoms with Crippen molar-refractivity contribution in [2.75, 3.05) is 27.2 Å². The third kappa shape index (κ3) is 8.09. The molecule has 1 aromatic rings. The fourth-order valence-corrected chi connectivity index (χ4v) is 2.71. The number of nitrogens with zero attached hydrogens (tertiary/aromatic N) is 2. The number of carbonyl (C=O) groups excluding carboxylic acids is 3. The van der Waals surface area contributed by atoms with E-state index >= 15 is 0 Å². The van der Waals surface area contributed by atoms with Gasteiger partial charge in [0.2, 0.25) is 17.7 Å². The molecule has 0 aliphatic heterocycles. The van der Waals surface area contributed by atoms with Gasteiger partial charge in [-0.05, 0) is 38.3 Å². The van der Waals surface area contributed by atoms with E-state index in [-0.39, 0.29) is 25.4 Å². The molecule has 29 heavy (non-hydrogen) atoms. The largest absolute Gasteiger partial charge is 0.475 e. The zero-order valence-electron chi connectivity index (χ0n) is 17.7. The molecule has 0 fully saturated rings. The van der Waals surface area contributed by atoms with Crippen molar-refractivity contribution in [1.29, 1.82) is 0 Å². The van der Waals surface area contributed by atoms with Crippen LogP contribution in [0.15, 0.2) is 30.4 Å². The first-order chi connectivity index (χ1) is 13.5. The van der Waals surface area contributed by atoms with Crippen molar-refractivity contribution in [3.8, 4) is 0 Å². The minimum absolute atomic E-state index is 0.243. The van der Waals surface area contributed by atoms with Gasteiger partial charge in [0.15, 0.2) is 0 Å². The van der Waals surface area contributed by atoms with Crippen LogP contribution in [0.3, 0.4) is 0 Å². The highest BCUT2D eigenvalue weighted by Crippen LogP contribution is 2.13. The highest BCUT2D eigenvalue weighted by atomic mass is 16.4. The molecule has 1 aromatic carbocycles. The normalized spacial score (nSPS) is 11.8. The van der Waals surface area contributed by atoms with Gasteiger partial charge in [-0.3, -0.25) is 14.4 Å². The molecule has 8 nitrogen and oxygen atoms in total. The summed E-state index contributed by atoms with van der Waals surface area (Å²) in [4.78, 5) is 38.7. The van der Waals surface area contributed by atoms with E-state index in [9.17, 15) is 24.4 Å². The maximum Gasteiger partial charge on any atom is 0.475 e. The molecule has 0 heterocycles. The molecule has 0 spiro atoms. The Labute approximate surface area is 172 Å². The van der Waals surface area contributed by atoms with Crippen LogP contribution in [0.4, 0.5) is 0 Å². The lowest BCUT2D eigenvalue weighted by molar-refractivity contribution is -0.132. The fraction of sp³-hybridized carbons (Fsp3) is 0.450. The summed E-state index contributed by atoms with van der Waals surface area (Å²) >= 11 is 0. The van der Waals surface area contributed by atoms with Crippen molar-refractivity contribution in [1.82, 2.24) is 15.1 Å². The van der Waals surface area contributed by atoms with Crippen LogP contribution in [0, 0.1) is 13.8 Å². The molecule has 0 aliphatic carbocycles. The predicted octanol–water partition coefficient (Wildman–Crippen LogP) is -0.164. The molecule has 0 aliphatic rings. The van der Waals surface area contributed by atoms with Crippen LogP contribution >= 0.6 is 0 Å². The van der Waals surface area contributed by atoms with Crippen molar-refractivity contribution >= 4 is 24.8 Å². The summed E-state index contributed by atoms with van der Waals surface area (Å²) in [5.74, 6) is -2.25. The SMILES string of the molecule is CCN(CC(=O)N[C@@H](Cc1ccc(C)cc1C)B(O)O)C(=O)C=CC(=O)N(C)C. The average molecular weight is 403 g/mol. The molecule has 3 amide bonds. The first-order valence-corrected chi connectivity index (χ1v) is 9.45. The van der Waals surface area contributed by atoms with Gasteiger partial charge in [0.25, 0.3) is 0 Å². The van der Waals surface area contributed by atoms with E-state index in [0.717, 1.165) is 28.8 Å². The Hall–Kier alpha value is -2.65. The van der Waals surface area contributed by atoms with E-state index in [1.54, 1.807) is 21.0 Å². The lowest BCUT2D eigenvalue weighted by atomic mass is 9.75. The third-order valence-corrected chi connectivity index (χ3v) is 4.48. The summed E-state index contributed by atoms with van der Waals surface area (Å²) in [7, 11) is 1.39. The van der Waals surface area contributed by atoms with E-state index in [0.29, 0.717) is 0 Å². The number of benzene rings is 1. The number of carbonyl (C=O) groups is 3. The van der Waals surface area contributed by atoms with E-state index in [2.05, 4.69) is 5.32 Å². The molecule has 9 heteroatoms. The first kappa shape index (κ1) is 24.4. The Morgan fingerprint density at radius 3 is 2.28 bits per heavy atom. The van der Waals surface area contributed by atoms with Gasteiger partial charge in [0.1, 0.15) is 0 Å².